The Hall–Kier alpha value is -0.480. The lowest BCUT2D eigenvalue weighted by Gasteiger charge is -2.27. The molecule has 1 aliphatic heterocycles. The molecule has 0 saturated carbocycles. The third-order valence-corrected chi connectivity index (χ3v) is 7.97. The summed E-state index contributed by atoms with van der Waals surface area (Å²) in [7, 11) is 0.897. The second kappa shape index (κ2) is 7.74. The van der Waals surface area contributed by atoms with Crippen LogP contribution in [0.4, 0.5) is 0 Å². The van der Waals surface area contributed by atoms with E-state index in [9.17, 15) is 8.42 Å². The Morgan fingerprint density at radius 2 is 1.63 bits per heavy atom. The Morgan fingerprint density at radius 3 is 2.37 bits per heavy atom. The molecule has 1 fully saturated rings. The number of rotatable bonds is 2. The zero-order chi connectivity index (χ0) is 18.5. The van der Waals surface area contributed by atoms with Gasteiger partial charge in [-0.15, -0.1) is 0 Å². The van der Waals surface area contributed by atoms with E-state index in [0.29, 0.717) is 18.0 Å². The Balaban J connectivity index is 0.00000210. The molecule has 0 spiro atoms. The van der Waals surface area contributed by atoms with E-state index < -0.39 is 10.0 Å². The van der Waals surface area contributed by atoms with Crippen LogP contribution >= 0.6 is 15.9 Å². The number of hydrogen-bond acceptors (Lipinski definition) is 2. The van der Waals surface area contributed by atoms with Gasteiger partial charge in [-0.3, -0.25) is 0 Å². The average Bonchev–Trinajstić information content (AvgIpc) is 2.82. The van der Waals surface area contributed by atoms with Crippen molar-refractivity contribution in [3.05, 3.63) is 52.0 Å². The van der Waals surface area contributed by atoms with Crippen molar-refractivity contribution in [2.75, 3.05) is 40.3 Å². The maximum Gasteiger partial charge on any atom is 0.243 e. The molecule has 0 aromatic heterocycles. The molecule has 0 atom stereocenters. The summed E-state index contributed by atoms with van der Waals surface area (Å²) in [4.78, 5) is 0.426. The Kier molecular flexibility index (Phi) is 6.09. The van der Waals surface area contributed by atoms with Gasteiger partial charge in [-0.2, -0.15) is 4.31 Å². The van der Waals surface area contributed by atoms with Gasteiger partial charge in [-0.05, 0) is 52.9 Å². The summed E-state index contributed by atoms with van der Waals surface area (Å²) in [6, 6.07) is 11.9. The van der Waals surface area contributed by atoms with Crippen LogP contribution in [0.2, 0.25) is 0 Å². The van der Waals surface area contributed by atoms with Crippen molar-refractivity contribution in [2.24, 2.45) is 0 Å². The van der Waals surface area contributed by atoms with Crippen molar-refractivity contribution in [2.45, 2.75) is 17.7 Å². The fourth-order valence-corrected chi connectivity index (χ4v) is 5.92. The number of likely N-dealkylation sites (N-methyl/N-ethyl adjacent to an activating group) is 1. The van der Waals surface area contributed by atoms with Gasteiger partial charge in [0.2, 0.25) is 10.0 Å². The lowest BCUT2D eigenvalue weighted by molar-refractivity contribution is -0.888. The quantitative estimate of drug-likeness (QED) is 0.337. The SMILES string of the molecule is C[N+]1(C)CCCN(S(=O)(=O)c2ccc3c(c2)Cc2cc(Br)ccc2-3)CC1.[I-]. The summed E-state index contributed by atoms with van der Waals surface area (Å²) in [5, 5.41) is 0. The number of benzene rings is 2. The molecule has 0 N–H and O–H groups in total. The predicted octanol–water partition coefficient (Wildman–Crippen LogP) is 0.495. The van der Waals surface area contributed by atoms with Gasteiger partial charge in [-0.25, -0.2) is 8.42 Å². The van der Waals surface area contributed by atoms with Gasteiger partial charge in [0.05, 0.1) is 38.6 Å². The molecular weight excluding hydrogens is 539 g/mol. The molecule has 7 heteroatoms. The van der Waals surface area contributed by atoms with Gasteiger partial charge in [0.25, 0.3) is 0 Å². The van der Waals surface area contributed by atoms with E-state index in [4.69, 9.17) is 0 Å². The minimum absolute atomic E-state index is 0. The third kappa shape index (κ3) is 4.12. The second-order valence-corrected chi connectivity index (χ2v) is 10.8. The molecule has 2 aliphatic rings. The molecule has 27 heavy (non-hydrogen) atoms. The number of nitrogens with zero attached hydrogens (tertiary/aromatic N) is 2. The molecule has 4 rings (SSSR count). The summed E-state index contributed by atoms with van der Waals surface area (Å²) in [6.07, 6.45) is 1.69. The zero-order valence-corrected chi connectivity index (χ0v) is 20.1. The van der Waals surface area contributed by atoms with Crippen molar-refractivity contribution in [1.82, 2.24) is 4.31 Å². The van der Waals surface area contributed by atoms with Crippen LogP contribution in [-0.4, -0.2) is 57.5 Å². The highest BCUT2D eigenvalue weighted by molar-refractivity contribution is 9.10. The average molecular weight is 563 g/mol. The molecular formula is C20H24BrIN2O2S. The van der Waals surface area contributed by atoms with Gasteiger partial charge < -0.3 is 28.5 Å². The van der Waals surface area contributed by atoms with Crippen LogP contribution in [0, 0.1) is 0 Å². The zero-order valence-electron chi connectivity index (χ0n) is 15.6. The Morgan fingerprint density at radius 1 is 0.963 bits per heavy atom. The van der Waals surface area contributed by atoms with Crippen molar-refractivity contribution in [3.63, 3.8) is 0 Å². The van der Waals surface area contributed by atoms with Crippen LogP contribution in [0.3, 0.4) is 0 Å². The highest BCUT2D eigenvalue weighted by Gasteiger charge is 2.31. The molecule has 2 aromatic rings. The summed E-state index contributed by atoms with van der Waals surface area (Å²) >= 11 is 3.52. The number of sulfonamides is 1. The van der Waals surface area contributed by atoms with Gasteiger partial charge >= 0.3 is 0 Å². The Bertz CT molecular complexity index is 976. The van der Waals surface area contributed by atoms with Gasteiger partial charge in [-0.1, -0.05) is 28.1 Å². The van der Waals surface area contributed by atoms with E-state index in [-0.39, 0.29) is 24.0 Å². The number of quaternary nitrogens is 1. The smallest absolute Gasteiger partial charge is 0.243 e. The second-order valence-electron chi connectivity index (χ2n) is 7.94. The molecule has 1 saturated heterocycles. The van der Waals surface area contributed by atoms with Crippen LogP contribution in [0.25, 0.3) is 11.1 Å². The molecule has 0 radical (unpaired) electrons. The molecule has 1 aliphatic carbocycles. The molecule has 0 bridgehead atoms. The first kappa shape index (κ1) is 21.2. The largest absolute Gasteiger partial charge is 1.00 e. The van der Waals surface area contributed by atoms with Crippen molar-refractivity contribution >= 4 is 26.0 Å². The fraction of sp³-hybridized carbons (Fsp3) is 0.400. The van der Waals surface area contributed by atoms with Crippen LogP contribution in [0.15, 0.2) is 45.8 Å². The van der Waals surface area contributed by atoms with Gasteiger partial charge in [0.1, 0.15) is 0 Å². The molecule has 146 valence electrons. The van der Waals surface area contributed by atoms with Crippen LogP contribution < -0.4 is 24.0 Å². The van der Waals surface area contributed by atoms with Crippen LogP contribution in [0.5, 0.6) is 0 Å². The lowest BCUT2D eigenvalue weighted by Crippen LogP contribution is -3.00. The first-order valence-corrected chi connectivity index (χ1v) is 11.2. The normalized spacial score (nSPS) is 18.9. The van der Waals surface area contributed by atoms with Gasteiger partial charge in [0, 0.05) is 17.4 Å². The molecule has 4 nitrogen and oxygen atoms in total. The molecule has 0 amide bonds. The van der Waals surface area contributed by atoms with Crippen LogP contribution in [0.1, 0.15) is 17.5 Å². The minimum Gasteiger partial charge on any atom is -1.00 e. The summed E-state index contributed by atoms with van der Waals surface area (Å²) in [6.45, 7) is 3.05. The topological polar surface area (TPSA) is 37.4 Å². The standard InChI is InChI=1S/C20H24BrN2O2S.HI/c1-23(2)10-3-8-22(9-11-23)26(24,25)18-5-7-20-16(14-18)12-15-13-17(21)4-6-19(15)20;/h4-7,13-14H,3,8-12H2,1-2H3;1H/q+1;/p-1. The van der Waals surface area contributed by atoms with E-state index >= 15 is 0 Å². The fourth-order valence-electron chi connectivity index (χ4n) is 3.99. The lowest BCUT2D eigenvalue weighted by atomic mass is 10.1. The maximum absolute atomic E-state index is 13.2. The molecule has 2 aromatic carbocycles. The first-order valence-electron chi connectivity index (χ1n) is 9.00. The predicted molar refractivity (Wildman–Crippen MR) is 108 cm³/mol. The van der Waals surface area contributed by atoms with Crippen molar-refractivity contribution in [1.29, 1.82) is 0 Å². The summed E-state index contributed by atoms with van der Waals surface area (Å²) < 4.78 is 30.0. The highest BCUT2D eigenvalue weighted by atomic mass is 127. The van der Waals surface area contributed by atoms with Gasteiger partial charge in [0.15, 0.2) is 0 Å². The summed E-state index contributed by atoms with van der Waals surface area (Å²) in [5.74, 6) is 0. The van der Waals surface area contributed by atoms with E-state index in [1.165, 1.54) is 11.1 Å². The maximum atomic E-state index is 13.2. The Labute approximate surface area is 187 Å². The molecule has 1 heterocycles. The van der Waals surface area contributed by atoms with Crippen molar-refractivity contribution in [3.8, 4) is 11.1 Å². The molecule has 0 unspecified atom stereocenters. The number of fused-ring (bicyclic) bond motifs is 3. The van der Waals surface area contributed by atoms with E-state index in [0.717, 1.165) is 46.0 Å². The van der Waals surface area contributed by atoms with Crippen molar-refractivity contribution < 1.29 is 36.9 Å². The summed E-state index contributed by atoms with van der Waals surface area (Å²) in [5.41, 5.74) is 4.71. The minimum atomic E-state index is -3.44. The monoisotopic (exact) mass is 562 g/mol. The first-order chi connectivity index (χ1) is 12.3. The number of hydrogen-bond donors (Lipinski definition) is 0. The highest BCUT2D eigenvalue weighted by Crippen LogP contribution is 2.39. The van der Waals surface area contributed by atoms with Crippen LogP contribution in [-0.2, 0) is 16.4 Å². The number of halogens is 2. The van der Waals surface area contributed by atoms with E-state index in [1.807, 2.05) is 18.2 Å². The van der Waals surface area contributed by atoms with E-state index in [1.54, 1.807) is 10.4 Å². The van der Waals surface area contributed by atoms with E-state index in [2.05, 4.69) is 42.2 Å². The third-order valence-electron chi connectivity index (χ3n) is 5.58.